The largest absolute Gasteiger partial charge is 0.493 e. The highest BCUT2D eigenvalue weighted by Crippen LogP contribution is 2.48. The molecule has 0 saturated heterocycles. The molecule has 1 atom stereocenters. The van der Waals surface area contributed by atoms with Gasteiger partial charge in [0.2, 0.25) is 5.91 Å². The van der Waals surface area contributed by atoms with Crippen LogP contribution in [-0.4, -0.2) is 76.7 Å². The minimum absolute atomic E-state index is 0.101. The third-order valence-electron chi connectivity index (χ3n) is 5.44. The van der Waals surface area contributed by atoms with Gasteiger partial charge in [-0.2, -0.15) is 0 Å². The van der Waals surface area contributed by atoms with Gasteiger partial charge >= 0.3 is 5.97 Å². The molecule has 11 heteroatoms. The number of methoxy groups -OCH3 is 4. The van der Waals surface area contributed by atoms with E-state index in [1.54, 1.807) is 34.3 Å². The van der Waals surface area contributed by atoms with E-state index in [-0.39, 0.29) is 25.5 Å². The lowest BCUT2D eigenvalue weighted by Gasteiger charge is -2.37. The van der Waals surface area contributed by atoms with E-state index in [2.05, 4.69) is 10.3 Å². The van der Waals surface area contributed by atoms with Crippen molar-refractivity contribution >= 4 is 28.8 Å². The van der Waals surface area contributed by atoms with Gasteiger partial charge in [0.1, 0.15) is 6.61 Å². The highest BCUT2D eigenvalue weighted by atomic mass is 32.2. The molecule has 2 aliphatic heterocycles. The predicted octanol–water partition coefficient (Wildman–Crippen LogP) is 2.62. The molecule has 35 heavy (non-hydrogen) atoms. The zero-order valence-corrected chi connectivity index (χ0v) is 21.4. The first-order valence-corrected chi connectivity index (χ1v) is 11.9. The van der Waals surface area contributed by atoms with Crippen LogP contribution in [0.1, 0.15) is 24.9 Å². The van der Waals surface area contributed by atoms with Crippen LogP contribution in [0, 0.1) is 0 Å². The number of fused-ring (bicyclic) bond motifs is 1. The van der Waals surface area contributed by atoms with Gasteiger partial charge in [0.05, 0.1) is 51.2 Å². The number of rotatable bonds is 12. The fourth-order valence-corrected chi connectivity index (χ4v) is 4.83. The topological polar surface area (TPSA) is 108 Å². The Bertz CT molecular complexity index is 1040. The van der Waals surface area contributed by atoms with Gasteiger partial charge in [0.25, 0.3) is 0 Å². The van der Waals surface area contributed by atoms with Gasteiger partial charge in [-0.3, -0.25) is 4.79 Å². The van der Waals surface area contributed by atoms with Gasteiger partial charge in [0.15, 0.2) is 16.7 Å². The second-order valence-electron chi connectivity index (χ2n) is 7.62. The molecule has 1 amide bonds. The Morgan fingerprint density at radius 3 is 2.54 bits per heavy atom. The Balaban J connectivity index is 2.04. The number of hydrogen-bond donors (Lipinski definition) is 1. The predicted molar refractivity (Wildman–Crippen MR) is 132 cm³/mol. The van der Waals surface area contributed by atoms with Crippen molar-refractivity contribution in [2.75, 3.05) is 54.8 Å². The summed E-state index contributed by atoms with van der Waals surface area (Å²) < 4.78 is 26.7. The molecule has 0 bridgehead atoms. The zero-order chi connectivity index (χ0) is 25.4. The number of thioether (sulfide) groups is 1. The smallest absolute Gasteiger partial charge is 0.338 e. The lowest BCUT2D eigenvalue weighted by atomic mass is 9.92. The standard InChI is InChI=1S/C24H31N3O7S/c1-15-20(23(29)34-12-11-31-3)21(17-7-6-8-18(32-4)22(17)33-5)27-16(14-35-24(27)26-15)13-19(28)25-9-10-30-2/h6-8,14,21H,9-13H2,1-5H3,(H,25,28)/t21-/m1/s1. The molecule has 0 saturated carbocycles. The van der Waals surface area contributed by atoms with Crippen LogP contribution < -0.4 is 14.8 Å². The maximum atomic E-state index is 13.3. The van der Waals surface area contributed by atoms with E-state index in [0.717, 1.165) is 0 Å². The number of amidine groups is 1. The van der Waals surface area contributed by atoms with Gasteiger partial charge < -0.3 is 33.9 Å². The van der Waals surface area contributed by atoms with Crippen LogP contribution in [0.15, 0.2) is 45.6 Å². The number of amides is 1. The van der Waals surface area contributed by atoms with Crippen LogP contribution in [0.2, 0.25) is 0 Å². The van der Waals surface area contributed by atoms with E-state index >= 15 is 0 Å². The molecule has 10 nitrogen and oxygen atoms in total. The number of carbonyl (C=O) groups is 2. The maximum absolute atomic E-state index is 13.3. The number of nitrogens with one attached hydrogen (secondary N) is 1. The Morgan fingerprint density at radius 1 is 1.09 bits per heavy atom. The Hall–Kier alpha value is -3.02. The molecular weight excluding hydrogens is 474 g/mol. The molecule has 0 radical (unpaired) electrons. The summed E-state index contributed by atoms with van der Waals surface area (Å²) in [6.07, 6.45) is 0.101. The quantitative estimate of drug-likeness (QED) is 0.339. The third-order valence-corrected chi connectivity index (χ3v) is 6.33. The van der Waals surface area contributed by atoms with Crippen LogP contribution in [0.5, 0.6) is 11.5 Å². The van der Waals surface area contributed by atoms with Crippen LogP contribution in [0.25, 0.3) is 0 Å². The SMILES string of the molecule is COCCNC(=O)CC1=CSC2=NC(C)=C(C(=O)OCCOC)[C@@H](c3cccc(OC)c3OC)N12. The second-order valence-corrected chi connectivity index (χ2v) is 8.46. The summed E-state index contributed by atoms with van der Waals surface area (Å²) in [5.41, 5.74) is 2.27. The first-order chi connectivity index (χ1) is 17.0. The van der Waals surface area contributed by atoms with Crippen LogP contribution in [0.3, 0.4) is 0 Å². The highest BCUT2D eigenvalue weighted by Gasteiger charge is 2.42. The summed E-state index contributed by atoms with van der Waals surface area (Å²) in [7, 11) is 6.21. The molecule has 0 spiro atoms. The van der Waals surface area contributed by atoms with Crippen molar-refractivity contribution in [2.45, 2.75) is 19.4 Å². The van der Waals surface area contributed by atoms with Crippen molar-refractivity contribution in [2.24, 2.45) is 4.99 Å². The molecule has 0 aliphatic carbocycles. The minimum Gasteiger partial charge on any atom is -0.493 e. The minimum atomic E-state index is -0.643. The molecule has 1 N–H and O–H groups in total. The van der Waals surface area contributed by atoms with Crippen molar-refractivity contribution in [3.63, 3.8) is 0 Å². The Labute approximate surface area is 209 Å². The number of nitrogens with zero attached hydrogens (tertiary/aromatic N) is 2. The normalized spacial score (nSPS) is 16.9. The van der Waals surface area contributed by atoms with E-state index in [0.29, 0.717) is 52.3 Å². The number of esters is 1. The van der Waals surface area contributed by atoms with Gasteiger partial charge in [-0.1, -0.05) is 23.9 Å². The van der Waals surface area contributed by atoms with Gasteiger partial charge in [-0.05, 0) is 18.4 Å². The van der Waals surface area contributed by atoms with Gasteiger partial charge in [-0.15, -0.1) is 0 Å². The molecule has 0 unspecified atom stereocenters. The van der Waals surface area contributed by atoms with E-state index in [1.807, 2.05) is 22.4 Å². The van der Waals surface area contributed by atoms with Crippen molar-refractivity contribution < 1.29 is 33.3 Å². The van der Waals surface area contributed by atoms with Crippen molar-refractivity contribution in [1.29, 1.82) is 0 Å². The van der Waals surface area contributed by atoms with Crippen LogP contribution in [-0.2, 0) is 23.8 Å². The number of carbonyl (C=O) groups excluding carboxylic acids is 2. The number of para-hydroxylation sites is 1. The average molecular weight is 506 g/mol. The molecule has 1 aromatic carbocycles. The maximum Gasteiger partial charge on any atom is 0.338 e. The summed E-state index contributed by atoms with van der Waals surface area (Å²) in [5.74, 6) is 0.325. The fraction of sp³-hybridized carbons (Fsp3) is 0.458. The molecule has 3 rings (SSSR count). The molecule has 0 aromatic heterocycles. The lowest BCUT2D eigenvalue weighted by Crippen LogP contribution is -2.38. The Kier molecular flexibility index (Phi) is 9.58. The monoisotopic (exact) mass is 505 g/mol. The summed E-state index contributed by atoms with van der Waals surface area (Å²) in [6.45, 7) is 2.96. The number of aliphatic imine (C=N–C) groups is 1. The van der Waals surface area contributed by atoms with Gasteiger partial charge in [0, 0.05) is 32.0 Å². The summed E-state index contributed by atoms with van der Waals surface area (Å²) in [6, 6.07) is 4.83. The molecule has 0 fully saturated rings. The lowest BCUT2D eigenvalue weighted by molar-refractivity contribution is -0.141. The van der Waals surface area contributed by atoms with E-state index in [1.165, 1.54) is 18.9 Å². The van der Waals surface area contributed by atoms with E-state index < -0.39 is 12.0 Å². The fourth-order valence-electron chi connectivity index (χ4n) is 3.87. The Morgan fingerprint density at radius 2 is 1.86 bits per heavy atom. The van der Waals surface area contributed by atoms with Crippen molar-refractivity contribution in [3.05, 3.63) is 46.1 Å². The van der Waals surface area contributed by atoms with Crippen LogP contribution in [0.4, 0.5) is 0 Å². The molecular formula is C24H31N3O7S. The zero-order valence-electron chi connectivity index (χ0n) is 20.6. The van der Waals surface area contributed by atoms with Gasteiger partial charge in [-0.25, -0.2) is 9.79 Å². The molecule has 2 heterocycles. The number of benzene rings is 1. The first kappa shape index (κ1) is 26.6. The number of ether oxygens (including phenoxy) is 5. The van der Waals surface area contributed by atoms with Crippen molar-refractivity contribution in [1.82, 2.24) is 10.2 Å². The van der Waals surface area contributed by atoms with Crippen LogP contribution >= 0.6 is 11.8 Å². The van der Waals surface area contributed by atoms with E-state index in [9.17, 15) is 9.59 Å². The molecule has 1 aromatic rings. The molecule has 190 valence electrons. The first-order valence-electron chi connectivity index (χ1n) is 11.0. The second kappa shape index (κ2) is 12.6. The third kappa shape index (κ3) is 5.98. The summed E-state index contributed by atoms with van der Waals surface area (Å²) in [4.78, 5) is 32.5. The summed E-state index contributed by atoms with van der Waals surface area (Å²) >= 11 is 1.40. The number of hydrogen-bond acceptors (Lipinski definition) is 10. The summed E-state index contributed by atoms with van der Waals surface area (Å²) in [5, 5.41) is 5.37. The highest BCUT2D eigenvalue weighted by molar-refractivity contribution is 8.16. The van der Waals surface area contributed by atoms with Crippen molar-refractivity contribution in [3.8, 4) is 11.5 Å². The average Bonchev–Trinajstić information content (AvgIpc) is 3.24. The molecule has 2 aliphatic rings. The van der Waals surface area contributed by atoms with E-state index in [4.69, 9.17) is 23.7 Å². The number of allylic oxidation sites excluding steroid dienone is 1.